The van der Waals surface area contributed by atoms with Crippen LogP contribution in [0.25, 0.3) is 93.5 Å². The van der Waals surface area contributed by atoms with E-state index in [0.717, 1.165) is 33.9 Å². The lowest BCUT2D eigenvalue weighted by Gasteiger charge is -2.29. The molecule has 11 aromatic carbocycles. The van der Waals surface area contributed by atoms with Gasteiger partial charge in [-0.25, -0.2) is 0 Å². The number of aromatic nitrogens is 1. The highest BCUT2D eigenvalue weighted by Gasteiger charge is 2.23. The topological polar surface area (TPSA) is 8.17 Å². The van der Waals surface area contributed by atoms with E-state index in [1.807, 2.05) is 0 Å². The summed E-state index contributed by atoms with van der Waals surface area (Å²) in [7, 11) is 0. The Morgan fingerprint density at radius 3 is 1.52 bits per heavy atom. The Hall–Kier alpha value is -8.46. The minimum Gasteiger partial charge on any atom is -0.310 e. The number of anilines is 3. The van der Waals surface area contributed by atoms with Gasteiger partial charge in [-0.3, -0.25) is 0 Å². The second-order valence-corrected chi connectivity index (χ2v) is 16.4. The zero-order valence-corrected chi connectivity index (χ0v) is 35.1. The van der Waals surface area contributed by atoms with Gasteiger partial charge in [-0.1, -0.05) is 200 Å². The van der Waals surface area contributed by atoms with Crippen LogP contribution in [-0.4, -0.2) is 4.57 Å². The Bertz CT molecular complexity index is 3650. The highest BCUT2D eigenvalue weighted by Crippen LogP contribution is 2.49. The highest BCUT2D eigenvalue weighted by molar-refractivity contribution is 6.22. The SMILES string of the molecule is c1ccc(-c2ccccc2N(c2cccc(-c3cccc4c3c3ccccc3n4-c3ccccc3)c2)c2ccc3c(c2)c(-c2ccccc2)c(-c2ccccc2)c2ccccc23)cc1. The smallest absolute Gasteiger partial charge is 0.0547 e. The molecule has 0 bridgehead atoms. The van der Waals surface area contributed by atoms with Gasteiger partial charge in [0.1, 0.15) is 0 Å². The molecule has 0 fully saturated rings. The Morgan fingerprint density at radius 1 is 0.281 bits per heavy atom. The molecule has 1 heterocycles. The van der Waals surface area contributed by atoms with Crippen molar-refractivity contribution in [3.63, 3.8) is 0 Å². The molecule has 0 unspecified atom stereocenters. The summed E-state index contributed by atoms with van der Waals surface area (Å²) in [5, 5.41) is 7.40. The molecule has 64 heavy (non-hydrogen) atoms. The predicted molar refractivity (Wildman–Crippen MR) is 272 cm³/mol. The first kappa shape index (κ1) is 37.3. The molecule has 0 aliphatic carbocycles. The van der Waals surface area contributed by atoms with E-state index in [0.29, 0.717) is 0 Å². The van der Waals surface area contributed by atoms with Crippen LogP contribution in [0.4, 0.5) is 17.1 Å². The standard InChI is InChI=1S/C62H42N2/c1-5-21-43(22-6-1)50-31-15-17-36-57(50)63(48-30-19-27-46(41-48)51-35-20-38-59-62(51)55-34-16-18-37-58(55)64(59)47-28-11-4-12-29-47)49-39-40-53-52-32-13-14-33-54(52)60(44-23-7-2-8-24-44)61(56(53)42-49)45-25-9-3-10-26-45/h1-42H. The van der Waals surface area contributed by atoms with Gasteiger partial charge in [-0.15, -0.1) is 0 Å². The summed E-state index contributed by atoms with van der Waals surface area (Å²) < 4.78 is 2.40. The van der Waals surface area contributed by atoms with Crippen LogP contribution in [0.5, 0.6) is 0 Å². The molecule has 0 saturated carbocycles. The second-order valence-electron chi connectivity index (χ2n) is 16.4. The molecule has 0 saturated heterocycles. The summed E-state index contributed by atoms with van der Waals surface area (Å²) in [5.41, 5.74) is 16.3. The maximum Gasteiger partial charge on any atom is 0.0547 e. The quantitative estimate of drug-likeness (QED) is 0.139. The van der Waals surface area contributed by atoms with E-state index in [1.165, 1.54) is 76.7 Å². The largest absolute Gasteiger partial charge is 0.310 e. The van der Waals surface area contributed by atoms with Crippen LogP contribution in [0.1, 0.15) is 0 Å². The van der Waals surface area contributed by atoms with Crippen LogP contribution in [0.2, 0.25) is 0 Å². The molecule has 0 amide bonds. The van der Waals surface area contributed by atoms with Crippen molar-refractivity contribution < 1.29 is 0 Å². The van der Waals surface area contributed by atoms with Crippen molar-refractivity contribution in [1.29, 1.82) is 0 Å². The molecule has 0 N–H and O–H groups in total. The van der Waals surface area contributed by atoms with Gasteiger partial charge in [0, 0.05) is 33.4 Å². The molecule has 0 aliphatic heterocycles. The summed E-state index contributed by atoms with van der Waals surface area (Å²) in [5.74, 6) is 0. The van der Waals surface area contributed by atoms with Crippen LogP contribution >= 0.6 is 0 Å². The first-order chi connectivity index (χ1) is 31.8. The van der Waals surface area contributed by atoms with Crippen LogP contribution < -0.4 is 4.90 Å². The van der Waals surface area contributed by atoms with Crippen molar-refractivity contribution >= 4 is 60.4 Å². The van der Waals surface area contributed by atoms with Gasteiger partial charge in [0.25, 0.3) is 0 Å². The predicted octanol–water partition coefficient (Wildman–Crippen LogP) is 17.2. The number of benzene rings is 11. The third kappa shape index (κ3) is 6.27. The van der Waals surface area contributed by atoms with Gasteiger partial charge in [0.2, 0.25) is 0 Å². The number of hydrogen-bond donors (Lipinski definition) is 0. The zero-order valence-electron chi connectivity index (χ0n) is 35.1. The second kappa shape index (κ2) is 15.8. The summed E-state index contributed by atoms with van der Waals surface area (Å²) in [6.07, 6.45) is 0. The highest BCUT2D eigenvalue weighted by atomic mass is 15.1. The Kier molecular flexibility index (Phi) is 9.20. The van der Waals surface area contributed by atoms with Crippen LogP contribution in [0, 0.1) is 0 Å². The molecule has 12 aromatic rings. The molecule has 0 radical (unpaired) electrons. The van der Waals surface area contributed by atoms with E-state index in [2.05, 4.69) is 264 Å². The lowest BCUT2D eigenvalue weighted by Crippen LogP contribution is -2.11. The number of rotatable bonds is 8. The third-order valence-electron chi connectivity index (χ3n) is 12.7. The molecule has 300 valence electrons. The lowest BCUT2D eigenvalue weighted by atomic mass is 9.85. The zero-order chi connectivity index (χ0) is 42.4. The van der Waals surface area contributed by atoms with Crippen LogP contribution in [-0.2, 0) is 0 Å². The molecule has 12 rings (SSSR count). The van der Waals surface area contributed by atoms with Crippen LogP contribution in [0.3, 0.4) is 0 Å². The molecule has 0 spiro atoms. The Balaban J connectivity index is 1.14. The maximum atomic E-state index is 2.46. The lowest BCUT2D eigenvalue weighted by molar-refractivity contribution is 1.18. The Morgan fingerprint density at radius 2 is 0.781 bits per heavy atom. The summed E-state index contributed by atoms with van der Waals surface area (Å²) in [6.45, 7) is 0. The molecule has 1 aromatic heterocycles. The van der Waals surface area contributed by atoms with Crippen molar-refractivity contribution in [3.8, 4) is 50.2 Å². The fourth-order valence-electron chi connectivity index (χ4n) is 10.0. The number of nitrogens with zero attached hydrogens (tertiary/aromatic N) is 2. The van der Waals surface area contributed by atoms with Crippen molar-refractivity contribution in [2.24, 2.45) is 0 Å². The van der Waals surface area contributed by atoms with E-state index in [-0.39, 0.29) is 0 Å². The number of hydrogen-bond acceptors (Lipinski definition) is 1. The third-order valence-corrected chi connectivity index (χ3v) is 12.7. The van der Waals surface area contributed by atoms with E-state index in [9.17, 15) is 0 Å². The fraction of sp³-hybridized carbons (Fsp3) is 0. The van der Waals surface area contributed by atoms with E-state index >= 15 is 0 Å². The molecular formula is C62H42N2. The van der Waals surface area contributed by atoms with Gasteiger partial charge in [0.05, 0.1) is 16.7 Å². The summed E-state index contributed by atoms with van der Waals surface area (Å²) >= 11 is 0. The first-order valence-corrected chi connectivity index (χ1v) is 22.0. The molecule has 0 atom stereocenters. The van der Waals surface area contributed by atoms with Gasteiger partial charge in [0.15, 0.2) is 0 Å². The van der Waals surface area contributed by atoms with Gasteiger partial charge in [-0.05, 0) is 115 Å². The van der Waals surface area contributed by atoms with Crippen molar-refractivity contribution in [2.75, 3.05) is 4.90 Å². The monoisotopic (exact) mass is 814 g/mol. The fourth-order valence-corrected chi connectivity index (χ4v) is 10.0. The molecule has 2 heteroatoms. The van der Waals surface area contributed by atoms with Crippen molar-refractivity contribution in [3.05, 3.63) is 255 Å². The average molecular weight is 815 g/mol. The summed E-state index contributed by atoms with van der Waals surface area (Å²) in [6, 6.07) is 92.7. The van der Waals surface area contributed by atoms with E-state index < -0.39 is 0 Å². The van der Waals surface area contributed by atoms with Crippen LogP contribution in [0.15, 0.2) is 255 Å². The van der Waals surface area contributed by atoms with E-state index in [1.54, 1.807) is 0 Å². The van der Waals surface area contributed by atoms with Crippen molar-refractivity contribution in [1.82, 2.24) is 4.57 Å². The number of para-hydroxylation sites is 3. The van der Waals surface area contributed by atoms with Gasteiger partial charge in [-0.2, -0.15) is 0 Å². The molecular weight excluding hydrogens is 773 g/mol. The van der Waals surface area contributed by atoms with E-state index in [4.69, 9.17) is 0 Å². The molecule has 0 aliphatic rings. The minimum atomic E-state index is 1.08. The molecule has 2 nitrogen and oxygen atoms in total. The van der Waals surface area contributed by atoms with Gasteiger partial charge >= 0.3 is 0 Å². The summed E-state index contributed by atoms with van der Waals surface area (Å²) in [4.78, 5) is 2.46. The van der Waals surface area contributed by atoms with Crippen molar-refractivity contribution in [2.45, 2.75) is 0 Å². The first-order valence-electron chi connectivity index (χ1n) is 22.0. The number of fused-ring (bicyclic) bond motifs is 6. The minimum absolute atomic E-state index is 1.08. The Labute approximate surface area is 373 Å². The normalized spacial score (nSPS) is 11.4. The van der Waals surface area contributed by atoms with Gasteiger partial charge < -0.3 is 9.47 Å². The average Bonchev–Trinajstić information content (AvgIpc) is 3.72. The maximum absolute atomic E-state index is 2.46.